The van der Waals surface area contributed by atoms with Crippen molar-refractivity contribution in [1.82, 2.24) is 10.2 Å². The fourth-order valence-electron chi connectivity index (χ4n) is 1.66. The molecule has 0 saturated heterocycles. The van der Waals surface area contributed by atoms with Crippen LogP contribution in [0, 0.1) is 13.8 Å². The predicted octanol–water partition coefficient (Wildman–Crippen LogP) is 3.21. The molecule has 2 N–H and O–H groups in total. The van der Waals surface area contributed by atoms with E-state index in [4.69, 9.17) is 0 Å². The van der Waals surface area contributed by atoms with Crippen molar-refractivity contribution in [2.75, 3.05) is 17.7 Å². The lowest BCUT2D eigenvalue weighted by Crippen LogP contribution is -2.13. The summed E-state index contributed by atoms with van der Waals surface area (Å²) in [5.74, 6) is -0.258. The van der Waals surface area contributed by atoms with Gasteiger partial charge in [-0.05, 0) is 47.0 Å². The van der Waals surface area contributed by atoms with Crippen LogP contribution in [0.3, 0.4) is 0 Å². The lowest BCUT2D eigenvalue weighted by atomic mass is 10.1. The molecule has 0 saturated carbocycles. The largest absolute Gasteiger partial charge is 0.363 e. The van der Waals surface area contributed by atoms with E-state index in [9.17, 15) is 4.79 Å². The van der Waals surface area contributed by atoms with E-state index < -0.39 is 0 Å². The summed E-state index contributed by atoms with van der Waals surface area (Å²) in [6.45, 7) is 3.96. The van der Waals surface area contributed by atoms with Crippen molar-refractivity contribution in [3.8, 4) is 0 Å². The molecule has 1 aromatic heterocycles. The molecule has 0 spiro atoms. The summed E-state index contributed by atoms with van der Waals surface area (Å²) >= 11 is 4.67. The number of nitrogens with zero attached hydrogens (tertiary/aromatic N) is 2. The number of aryl methyl sites for hydroxylation is 2. The second-order valence-corrected chi connectivity index (χ2v) is 5.89. The first-order valence-corrected chi connectivity index (χ1v) is 7.21. The summed E-state index contributed by atoms with van der Waals surface area (Å²) in [5, 5.41) is 14.3. The summed E-state index contributed by atoms with van der Waals surface area (Å²) in [4.78, 5) is 12.1. The number of anilines is 2. The first-order chi connectivity index (χ1) is 9.01. The van der Waals surface area contributed by atoms with Crippen molar-refractivity contribution in [3.05, 3.63) is 32.7 Å². The van der Waals surface area contributed by atoms with Gasteiger partial charge in [0, 0.05) is 11.5 Å². The Hall–Kier alpha value is -1.47. The van der Waals surface area contributed by atoms with Crippen LogP contribution in [0.1, 0.15) is 20.9 Å². The smallest absolute Gasteiger partial charge is 0.286 e. The van der Waals surface area contributed by atoms with E-state index in [0.29, 0.717) is 10.1 Å². The number of amides is 1. The number of benzene rings is 1. The van der Waals surface area contributed by atoms with Crippen molar-refractivity contribution >= 4 is 44.0 Å². The lowest BCUT2D eigenvalue weighted by molar-refractivity contribution is 0.102. The zero-order chi connectivity index (χ0) is 14.0. The molecule has 0 radical (unpaired) electrons. The summed E-state index contributed by atoms with van der Waals surface area (Å²) in [6.07, 6.45) is 0. The normalized spacial score (nSPS) is 10.3. The Morgan fingerprint density at radius 2 is 2.05 bits per heavy atom. The molecule has 1 amide bonds. The van der Waals surface area contributed by atoms with E-state index in [2.05, 4.69) is 36.8 Å². The Morgan fingerprint density at radius 3 is 2.63 bits per heavy atom. The Balaban J connectivity index is 2.24. The number of rotatable bonds is 3. The highest BCUT2D eigenvalue weighted by Gasteiger charge is 2.15. The monoisotopic (exact) mass is 340 g/mol. The third-order valence-corrected chi connectivity index (χ3v) is 4.07. The Kier molecular flexibility index (Phi) is 4.16. The minimum absolute atomic E-state index is 0.258. The van der Waals surface area contributed by atoms with Gasteiger partial charge >= 0.3 is 0 Å². The van der Waals surface area contributed by atoms with Gasteiger partial charge in [0.1, 0.15) is 0 Å². The highest BCUT2D eigenvalue weighted by molar-refractivity contribution is 9.10. The van der Waals surface area contributed by atoms with Gasteiger partial charge in [0.25, 0.3) is 5.91 Å². The van der Waals surface area contributed by atoms with Gasteiger partial charge in [-0.25, -0.2) is 0 Å². The van der Waals surface area contributed by atoms with Crippen LogP contribution < -0.4 is 10.6 Å². The molecule has 0 bridgehead atoms. The zero-order valence-corrected chi connectivity index (χ0v) is 13.1. The number of hydrogen-bond donors (Lipinski definition) is 2. The molecule has 19 heavy (non-hydrogen) atoms. The van der Waals surface area contributed by atoms with Crippen LogP contribution in [0.5, 0.6) is 0 Å². The molecule has 100 valence electrons. The van der Waals surface area contributed by atoms with E-state index in [1.165, 1.54) is 11.3 Å². The first kappa shape index (κ1) is 14.0. The molecule has 1 heterocycles. The molecule has 0 aliphatic rings. The standard InChI is InChI=1S/C12H13BrN4OS/c1-6-4-7(2)9(8(13)5-6)15-10(18)11-16-17-12(14-3)19-11/h4-5H,1-3H3,(H,14,17)(H,15,18). The second-order valence-electron chi connectivity index (χ2n) is 4.06. The molecule has 5 nitrogen and oxygen atoms in total. The van der Waals surface area contributed by atoms with Crippen molar-refractivity contribution in [1.29, 1.82) is 0 Å². The van der Waals surface area contributed by atoms with Crippen LogP contribution >= 0.6 is 27.3 Å². The first-order valence-electron chi connectivity index (χ1n) is 5.60. The van der Waals surface area contributed by atoms with Gasteiger partial charge < -0.3 is 10.6 Å². The minimum Gasteiger partial charge on any atom is -0.363 e. The summed E-state index contributed by atoms with van der Waals surface area (Å²) < 4.78 is 0.858. The van der Waals surface area contributed by atoms with E-state index in [-0.39, 0.29) is 5.91 Å². The van der Waals surface area contributed by atoms with Gasteiger partial charge in [0.05, 0.1) is 5.69 Å². The SMILES string of the molecule is CNc1nnc(C(=O)Nc2c(C)cc(C)cc2Br)s1. The second kappa shape index (κ2) is 5.66. The number of halogens is 1. The minimum atomic E-state index is -0.258. The molecule has 0 aliphatic heterocycles. The molecule has 2 aromatic rings. The molecule has 0 fully saturated rings. The summed E-state index contributed by atoms with van der Waals surface area (Å²) in [6, 6.07) is 3.97. The van der Waals surface area contributed by atoms with E-state index >= 15 is 0 Å². The Morgan fingerprint density at radius 1 is 1.32 bits per heavy atom. The summed E-state index contributed by atoms with van der Waals surface area (Å²) in [5.41, 5.74) is 2.89. The topological polar surface area (TPSA) is 66.9 Å². The third-order valence-electron chi connectivity index (χ3n) is 2.50. The maximum Gasteiger partial charge on any atom is 0.286 e. The molecule has 1 aromatic carbocycles. The van der Waals surface area contributed by atoms with Crippen LogP contribution in [0.25, 0.3) is 0 Å². The Labute approximate surface area is 123 Å². The quantitative estimate of drug-likeness (QED) is 0.900. The average molecular weight is 341 g/mol. The van der Waals surface area contributed by atoms with Gasteiger partial charge in [0.15, 0.2) is 0 Å². The number of nitrogens with one attached hydrogen (secondary N) is 2. The van der Waals surface area contributed by atoms with E-state index in [1.54, 1.807) is 7.05 Å². The van der Waals surface area contributed by atoms with Crippen molar-refractivity contribution in [2.24, 2.45) is 0 Å². The van der Waals surface area contributed by atoms with E-state index in [1.807, 2.05) is 26.0 Å². The zero-order valence-electron chi connectivity index (χ0n) is 10.7. The van der Waals surface area contributed by atoms with Crippen LogP contribution in [0.2, 0.25) is 0 Å². The number of aromatic nitrogens is 2. The van der Waals surface area contributed by atoms with Crippen LogP contribution in [-0.2, 0) is 0 Å². The molecule has 2 rings (SSSR count). The van der Waals surface area contributed by atoms with Crippen LogP contribution in [0.4, 0.5) is 10.8 Å². The van der Waals surface area contributed by atoms with E-state index in [0.717, 1.165) is 21.3 Å². The molecule has 0 aliphatic carbocycles. The van der Waals surface area contributed by atoms with Gasteiger partial charge in [-0.15, -0.1) is 10.2 Å². The third kappa shape index (κ3) is 3.10. The van der Waals surface area contributed by atoms with Gasteiger partial charge in [-0.3, -0.25) is 4.79 Å². The average Bonchev–Trinajstić information content (AvgIpc) is 2.82. The van der Waals surface area contributed by atoms with Crippen molar-refractivity contribution in [3.63, 3.8) is 0 Å². The molecule has 0 unspecified atom stereocenters. The van der Waals surface area contributed by atoms with Crippen molar-refractivity contribution < 1.29 is 4.79 Å². The molecular formula is C12H13BrN4OS. The predicted molar refractivity (Wildman–Crippen MR) is 81.0 cm³/mol. The van der Waals surface area contributed by atoms with Gasteiger partial charge in [-0.2, -0.15) is 0 Å². The maximum atomic E-state index is 12.1. The fraction of sp³-hybridized carbons (Fsp3) is 0.250. The molecule has 7 heteroatoms. The Bertz CT molecular complexity index is 603. The van der Waals surface area contributed by atoms with Gasteiger partial charge in [0.2, 0.25) is 10.1 Å². The maximum absolute atomic E-state index is 12.1. The number of carbonyl (C=O) groups is 1. The van der Waals surface area contributed by atoms with Crippen molar-refractivity contribution in [2.45, 2.75) is 13.8 Å². The lowest BCUT2D eigenvalue weighted by Gasteiger charge is -2.10. The van der Waals surface area contributed by atoms with Gasteiger partial charge in [-0.1, -0.05) is 17.4 Å². The number of carbonyl (C=O) groups excluding carboxylic acids is 1. The van der Waals surface area contributed by atoms with Crippen LogP contribution in [-0.4, -0.2) is 23.2 Å². The molecular weight excluding hydrogens is 328 g/mol. The highest BCUT2D eigenvalue weighted by Crippen LogP contribution is 2.28. The highest BCUT2D eigenvalue weighted by atomic mass is 79.9. The van der Waals surface area contributed by atoms with Crippen LogP contribution in [0.15, 0.2) is 16.6 Å². The summed E-state index contributed by atoms with van der Waals surface area (Å²) in [7, 11) is 1.74. The number of hydrogen-bond acceptors (Lipinski definition) is 5. The molecule has 0 atom stereocenters. The fourth-order valence-corrected chi connectivity index (χ4v) is 3.02.